The van der Waals surface area contributed by atoms with E-state index in [4.69, 9.17) is 9.47 Å². The summed E-state index contributed by atoms with van der Waals surface area (Å²) < 4.78 is 11.0. The van der Waals surface area contributed by atoms with Gasteiger partial charge in [0, 0.05) is 5.57 Å². The highest BCUT2D eigenvalue weighted by Crippen LogP contribution is 2.40. The standard InChI is InChI=1S/C19H17NO3/c1-13(2)18(21)23-19-20-16(14-9-5-3-6-10-14)17(22-19)15-11-7-4-8-12-15/h3-12,16-17H,1H2,2H3/t16-,17-/m0/s1. The van der Waals surface area contributed by atoms with Crippen molar-refractivity contribution in [3.8, 4) is 0 Å². The number of ether oxygens (including phenoxy) is 2. The molecule has 4 heteroatoms. The Bertz CT molecular complexity index is 738. The Morgan fingerprint density at radius 2 is 1.61 bits per heavy atom. The average Bonchev–Trinajstić information content (AvgIpc) is 3.00. The lowest BCUT2D eigenvalue weighted by atomic mass is 9.97. The summed E-state index contributed by atoms with van der Waals surface area (Å²) in [6.45, 7) is 5.15. The molecule has 0 aliphatic carbocycles. The van der Waals surface area contributed by atoms with Gasteiger partial charge in [-0.1, -0.05) is 67.2 Å². The van der Waals surface area contributed by atoms with Crippen LogP contribution in [0.3, 0.4) is 0 Å². The summed E-state index contributed by atoms with van der Waals surface area (Å²) in [6, 6.07) is 19.3. The second-order valence-corrected chi connectivity index (χ2v) is 5.37. The van der Waals surface area contributed by atoms with Gasteiger partial charge in [0.15, 0.2) is 6.10 Å². The number of rotatable bonds is 3. The molecule has 0 aromatic heterocycles. The van der Waals surface area contributed by atoms with Crippen LogP contribution in [0.15, 0.2) is 77.8 Å². The predicted molar refractivity (Wildman–Crippen MR) is 87.8 cm³/mol. The van der Waals surface area contributed by atoms with Crippen molar-refractivity contribution in [1.29, 1.82) is 0 Å². The van der Waals surface area contributed by atoms with E-state index in [1.165, 1.54) is 0 Å². The molecule has 0 radical (unpaired) electrons. The summed E-state index contributed by atoms with van der Waals surface area (Å²) in [5.41, 5.74) is 2.28. The molecule has 116 valence electrons. The van der Waals surface area contributed by atoms with E-state index in [9.17, 15) is 4.79 Å². The Morgan fingerprint density at radius 1 is 1.04 bits per heavy atom. The van der Waals surface area contributed by atoms with Gasteiger partial charge in [0.1, 0.15) is 6.04 Å². The summed E-state index contributed by atoms with van der Waals surface area (Å²) in [7, 11) is 0. The highest BCUT2D eigenvalue weighted by atomic mass is 16.7. The van der Waals surface area contributed by atoms with Crippen LogP contribution in [0, 0.1) is 0 Å². The number of carbonyl (C=O) groups is 1. The zero-order chi connectivity index (χ0) is 16.2. The van der Waals surface area contributed by atoms with Crippen LogP contribution in [0.2, 0.25) is 0 Å². The van der Waals surface area contributed by atoms with Gasteiger partial charge in [-0.3, -0.25) is 0 Å². The molecule has 1 aliphatic heterocycles. The molecule has 0 spiro atoms. The van der Waals surface area contributed by atoms with Crippen molar-refractivity contribution in [2.24, 2.45) is 4.99 Å². The third-order valence-electron chi connectivity index (χ3n) is 3.56. The average molecular weight is 307 g/mol. The Morgan fingerprint density at radius 3 is 2.17 bits per heavy atom. The first-order valence-electron chi connectivity index (χ1n) is 7.37. The van der Waals surface area contributed by atoms with Crippen molar-refractivity contribution in [2.75, 3.05) is 0 Å². The molecule has 3 rings (SSSR count). The Hall–Kier alpha value is -2.88. The molecule has 2 atom stereocenters. The van der Waals surface area contributed by atoms with Gasteiger partial charge in [0.05, 0.1) is 0 Å². The van der Waals surface area contributed by atoms with E-state index >= 15 is 0 Å². The topological polar surface area (TPSA) is 47.9 Å². The van der Waals surface area contributed by atoms with Crippen LogP contribution < -0.4 is 0 Å². The first-order chi connectivity index (χ1) is 11.1. The van der Waals surface area contributed by atoms with Gasteiger partial charge in [-0.05, 0) is 18.1 Å². The highest BCUT2D eigenvalue weighted by Gasteiger charge is 2.35. The molecule has 0 saturated carbocycles. The largest absolute Gasteiger partial charge is 0.439 e. The van der Waals surface area contributed by atoms with Crippen LogP contribution in [0.1, 0.15) is 30.2 Å². The third kappa shape index (κ3) is 3.31. The molecule has 1 aliphatic rings. The fraction of sp³-hybridized carbons (Fsp3) is 0.158. The van der Waals surface area contributed by atoms with Gasteiger partial charge < -0.3 is 9.47 Å². The quantitative estimate of drug-likeness (QED) is 0.636. The van der Waals surface area contributed by atoms with Crippen LogP contribution in [-0.2, 0) is 14.3 Å². The maximum Gasteiger partial charge on any atom is 0.393 e. The third-order valence-corrected chi connectivity index (χ3v) is 3.56. The maximum atomic E-state index is 11.7. The number of aliphatic imine (C=N–C) groups is 1. The Balaban J connectivity index is 1.91. The van der Waals surface area contributed by atoms with Crippen LogP contribution >= 0.6 is 0 Å². The molecule has 4 nitrogen and oxygen atoms in total. The predicted octanol–water partition coefficient (Wildman–Crippen LogP) is 3.97. The number of esters is 1. The minimum absolute atomic E-state index is 0.0132. The minimum atomic E-state index is -0.538. The maximum absolute atomic E-state index is 11.7. The van der Waals surface area contributed by atoms with E-state index in [0.29, 0.717) is 5.57 Å². The van der Waals surface area contributed by atoms with Gasteiger partial charge in [-0.25, -0.2) is 9.79 Å². The summed E-state index contributed by atoms with van der Waals surface area (Å²) >= 11 is 0. The normalized spacial score (nSPS) is 19.6. The monoisotopic (exact) mass is 307 g/mol. The van der Waals surface area contributed by atoms with Crippen LogP contribution in [-0.4, -0.2) is 12.1 Å². The molecule has 0 fully saturated rings. The summed E-state index contributed by atoms with van der Waals surface area (Å²) in [6.07, 6.45) is -0.341. The molecular formula is C19H17NO3. The molecule has 1 heterocycles. The number of hydrogen-bond acceptors (Lipinski definition) is 4. The van der Waals surface area contributed by atoms with Gasteiger partial charge in [0.25, 0.3) is 0 Å². The lowest BCUT2D eigenvalue weighted by Gasteiger charge is -2.17. The Kier molecular flexibility index (Phi) is 4.24. The highest BCUT2D eigenvalue weighted by molar-refractivity contribution is 5.95. The minimum Gasteiger partial charge on any atom is -0.439 e. The summed E-state index contributed by atoms with van der Waals surface area (Å²) in [5, 5.41) is 0. The second kappa shape index (κ2) is 6.48. The molecule has 0 amide bonds. The van der Waals surface area contributed by atoms with Gasteiger partial charge in [-0.15, -0.1) is 0 Å². The second-order valence-electron chi connectivity index (χ2n) is 5.37. The van der Waals surface area contributed by atoms with Crippen LogP contribution in [0.5, 0.6) is 0 Å². The lowest BCUT2D eigenvalue weighted by molar-refractivity contribution is -0.132. The van der Waals surface area contributed by atoms with Crippen LogP contribution in [0.4, 0.5) is 0 Å². The zero-order valence-electron chi connectivity index (χ0n) is 12.8. The molecular weight excluding hydrogens is 290 g/mol. The molecule has 0 unspecified atom stereocenters. The number of hydrogen-bond donors (Lipinski definition) is 0. The molecule has 2 aromatic rings. The first-order valence-corrected chi connectivity index (χ1v) is 7.37. The molecule has 0 N–H and O–H groups in total. The number of benzene rings is 2. The van der Waals surface area contributed by atoms with Gasteiger partial charge >= 0.3 is 12.1 Å². The van der Waals surface area contributed by atoms with E-state index in [1.807, 2.05) is 60.7 Å². The summed E-state index contributed by atoms with van der Waals surface area (Å²) in [5.74, 6) is -0.538. The SMILES string of the molecule is C=C(C)C(=O)OC1=N[C@@H](c2ccccc2)[C@H](c2ccccc2)O1. The fourth-order valence-electron chi connectivity index (χ4n) is 2.39. The van der Waals surface area contributed by atoms with E-state index in [1.54, 1.807) is 6.92 Å². The molecule has 23 heavy (non-hydrogen) atoms. The number of carbonyl (C=O) groups excluding carboxylic acids is 1. The van der Waals surface area contributed by atoms with Crippen molar-refractivity contribution >= 4 is 12.1 Å². The number of nitrogens with zero attached hydrogens (tertiary/aromatic N) is 1. The van der Waals surface area contributed by atoms with E-state index in [0.717, 1.165) is 11.1 Å². The molecule has 2 aromatic carbocycles. The van der Waals surface area contributed by atoms with Crippen LogP contribution in [0.25, 0.3) is 0 Å². The van der Waals surface area contributed by atoms with Gasteiger partial charge in [-0.2, -0.15) is 0 Å². The van der Waals surface area contributed by atoms with E-state index in [2.05, 4.69) is 11.6 Å². The Labute approximate surface area is 135 Å². The van der Waals surface area contributed by atoms with Crippen molar-refractivity contribution in [2.45, 2.75) is 19.1 Å². The molecule has 0 saturated heterocycles. The smallest absolute Gasteiger partial charge is 0.393 e. The summed E-state index contributed by atoms with van der Waals surface area (Å²) in [4.78, 5) is 16.2. The van der Waals surface area contributed by atoms with E-state index < -0.39 is 5.97 Å². The van der Waals surface area contributed by atoms with Crippen molar-refractivity contribution in [3.63, 3.8) is 0 Å². The molecule has 0 bridgehead atoms. The van der Waals surface area contributed by atoms with Crippen molar-refractivity contribution in [1.82, 2.24) is 0 Å². The van der Waals surface area contributed by atoms with Gasteiger partial charge in [0.2, 0.25) is 0 Å². The van der Waals surface area contributed by atoms with Crippen molar-refractivity contribution < 1.29 is 14.3 Å². The first kappa shape index (κ1) is 15.0. The lowest BCUT2D eigenvalue weighted by Crippen LogP contribution is -2.14. The zero-order valence-corrected chi connectivity index (χ0v) is 12.8. The van der Waals surface area contributed by atoms with Crippen molar-refractivity contribution in [3.05, 3.63) is 83.9 Å². The fourth-order valence-corrected chi connectivity index (χ4v) is 2.39. The van der Waals surface area contributed by atoms with E-state index in [-0.39, 0.29) is 18.2 Å².